The van der Waals surface area contributed by atoms with Crippen molar-refractivity contribution in [3.8, 4) is 0 Å². The highest BCUT2D eigenvalue weighted by Crippen LogP contribution is 1.92. The molecule has 0 aromatic heterocycles. The van der Waals surface area contributed by atoms with E-state index in [1.807, 2.05) is 18.2 Å². The molecule has 0 aliphatic rings. The Morgan fingerprint density at radius 3 is 2.00 bits per heavy atom. The van der Waals surface area contributed by atoms with Crippen LogP contribution >= 0.6 is 0 Å². The van der Waals surface area contributed by atoms with Crippen molar-refractivity contribution in [2.24, 2.45) is 5.73 Å². The van der Waals surface area contributed by atoms with E-state index >= 15 is 0 Å². The summed E-state index contributed by atoms with van der Waals surface area (Å²) in [6.45, 7) is 3.33. The molecule has 1 aromatic rings. The summed E-state index contributed by atoms with van der Waals surface area (Å²) in [5, 5.41) is 2.23. The van der Waals surface area contributed by atoms with Gasteiger partial charge in [0.05, 0.1) is 6.54 Å². The van der Waals surface area contributed by atoms with Crippen LogP contribution in [0.25, 0.3) is 0 Å². The summed E-state index contributed by atoms with van der Waals surface area (Å²) in [5.74, 6) is -0.774. The van der Waals surface area contributed by atoms with Crippen LogP contribution < -0.4 is 11.1 Å². The van der Waals surface area contributed by atoms with E-state index in [1.165, 1.54) is 12.5 Å². The molecule has 0 unspecified atom stereocenters. The van der Waals surface area contributed by atoms with Crippen molar-refractivity contribution in [1.82, 2.24) is 5.32 Å². The van der Waals surface area contributed by atoms with Crippen molar-refractivity contribution in [1.29, 1.82) is 0 Å². The van der Waals surface area contributed by atoms with E-state index in [-0.39, 0.29) is 12.5 Å². The summed E-state index contributed by atoms with van der Waals surface area (Å²) < 4.78 is 0. The second-order valence-electron chi connectivity index (χ2n) is 3.03. The highest BCUT2D eigenvalue weighted by atomic mass is 16.2. The molecule has 3 N–H and O–H groups in total. The van der Waals surface area contributed by atoms with E-state index in [2.05, 4.69) is 30.1 Å². The molecule has 1 aromatic carbocycles. The van der Waals surface area contributed by atoms with Crippen molar-refractivity contribution >= 4 is 11.8 Å². The minimum atomic E-state index is -0.528. The molecular formula is C11H16N2O2. The van der Waals surface area contributed by atoms with Gasteiger partial charge in [-0.25, -0.2) is 0 Å². The number of aryl methyl sites for hydroxylation is 1. The van der Waals surface area contributed by atoms with E-state index in [4.69, 9.17) is 0 Å². The summed E-state index contributed by atoms with van der Waals surface area (Å²) >= 11 is 0. The first-order valence-corrected chi connectivity index (χ1v) is 4.56. The molecule has 0 aliphatic heterocycles. The first-order valence-electron chi connectivity index (χ1n) is 4.56. The normalized spacial score (nSPS) is 8.40. The second-order valence-corrected chi connectivity index (χ2v) is 3.03. The molecule has 0 saturated carbocycles. The molecule has 2 amide bonds. The monoisotopic (exact) mass is 208 g/mol. The number of carbonyl (C=O) groups excluding carboxylic acids is 2. The molecule has 4 nitrogen and oxygen atoms in total. The molecule has 1 rings (SSSR count). The molecule has 82 valence electrons. The Morgan fingerprint density at radius 2 is 1.80 bits per heavy atom. The third-order valence-corrected chi connectivity index (χ3v) is 1.45. The van der Waals surface area contributed by atoms with Gasteiger partial charge in [0.1, 0.15) is 0 Å². The third kappa shape index (κ3) is 10.1. The van der Waals surface area contributed by atoms with Gasteiger partial charge in [-0.3, -0.25) is 9.59 Å². The highest BCUT2D eigenvalue weighted by molar-refractivity contribution is 5.82. The zero-order valence-electron chi connectivity index (χ0n) is 8.99. The Bertz CT molecular complexity index is 296. The first-order chi connectivity index (χ1) is 7.02. The molecule has 0 bridgehead atoms. The number of primary amides is 1. The van der Waals surface area contributed by atoms with Crippen molar-refractivity contribution in [2.45, 2.75) is 13.8 Å². The number of rotatable bonds is 2. The summed E-state index contributed by atoms with van der Waals surface area (Å²) in [6, 6.07) is 10.3. The van der Waals surface area contributed by atoms with Crippen LogP contribution in [0.4, 0.5) is 0 Å². The lowest BCUT2D eigenvalue weighted by Gasteiger charge is -1.93. The van der Waals surface area contributed by atoms with Crippen LogP contribution in [0.1, 0.15) is 12.5 Å². The van der Waals surface area contributed by atoms with Gasteiger partial charge >= 0.3 is 0 Å². The van der Waals surface area contributed by atoms with Gasteiger partial charge in [-0.15, -0.1) is 0 Å². The van der Waals surface area contributed by atoms with Crippen molar-refractivity contribution in [3.05, 3.63) is 35.9 Å². The van der Waals surface area contributed by atoms with E-state index in [0.29, 0.717) is 0 Å². The van der Waals surface area contributed by atoms with Gasteiger partial charge < -0.3 is 11.1 Å². The van der Waals surface area contributed by atoms with Crippen LogP contribution in [0.2, 0.25) is 0 Å². The minimum absolute atomic E-state index is 0.0741. The third-order valence-electron chi connectivity index (χ3n) is 1.45. The van der Waals surface area contributed by atoms with Gasteiger partial charge in [0.2, 0.25) is 11.8 Å². The summed E-state index contributed by atoms with van der Waals surface area (Å²) in [6.07, 6.45) is 0. The van der Waals surface area contributed by atoms with E-state index < -0.39 is 5.91 Å². The summed E-state index contributed by atoms with van der Waals surface area (Å²) in [5.41, 5.74) is 6.01. The van der Waals surface area contributed by atoms with Crippen molar-refractivity contribution in [2.75, 3.05) is 6.54 Å². The number of hydrogen-bond donors (Lipinski definition) is 2. The zero-order valence-corrected chi connectivity index (χ0v) is 8.99. The van der Waals surface area contributed by atoms with Gasteiger partial charge in [-0.05, 0) is 6.92 Å². The molecule has 15 heavy (non-hydrogen) atoms. The lowest BCUT2D eigenvalue weighted by atomic mass is 10.2. The first kappa shape index (κ1) is 13.2. The Hall–Kier alpha value is -1.84. The van der Waals surface area contributed by atoms with Crippen molar-refractivity contribution in [3.63, 3.8) is 0 Å². The van der Waals surface area contributed by atoms with Crippen LogP contribution in [0.5, 0.6) is 0 Å². The van der Waals surface area contributed by atoms with Gasteiger partial charge in [-0.1, -0.05) is 35.9 Å². The Balaban J connectivity index is 0.000000262. The number of benzene rings is 1. The van der Waals surface area contributed by atoms with Gasteiger partial charge in [0.15, 0.2) is 0 Å². The standard InChI is InChI=1S/C7H8.C4H8N2O2/c1-7-5-3-2-4-6-7;1-3(7)6-2-4(5)8/h2-6H,1H3;2H2,1H3,(H2,5,8)(H,6,7). The average Bonchev–Trinajstić information content (AvgIpc) is 2.17. The molecule has 4 heteroatoms. The Morgan fingerprint density at radius 1 is 1.27 bits per heavy atom. The highest BCUT2D eigenvalue weighted by Gasteiger charge is 1.92. The molecule has 0 fully saturated rings. The van der Waals surface area contributed by atoms with Crippen LogP contribution in [0, 0.1) is 6.92 Å². The molecule has 0 saturated heterocycles. The lowest BCUT2D eigenvalue weighted by Crippen LogP contribution is -2.31. The smallest absolute Gasteiger partial charge is 0.236 e. The van der Waals surface area contributed by atoms with Crippen LogP contribution in [0.15, 0.2) is 30.3 Å². The Kier molecular flexibility index (Phi) is 6.63. The summed E-state index contributed by atoms with van der Waals surface area (Å²) in [4.78, 5) is 19.9. The fourth-order valence-corrected chi connectivity index (χ4v) is 0.746. The maximum atomic E-state index is 10.0. The molecule has 0 aliphatic carbocycles. The predicted molar refractivity (Wildman–Crippen MR) is 59.1 cm³/mol. The maximum absolute atomic E-state index is 10.0. The van der Waals surface area contributed by atoms with E-state index in [0.717, 1.165) is 0 Å². The zero-order chi connectivity index (χ0) is 11.7. The largest absolute Gasteiger partial charge is 0.368 e. The SMILES string of the molecule is CC(=O)NCC(N)=O.Cc1ccccc1. The maximum Gasteiger partial charge on any atom is 0.236 e. The minimum Gasteiger partial charge on any atom is -0.368 e. The second kappa shape index (κ2) is 7.55. The Labute approximate surface area is 89.5 Å². The molecule has 0 spiro atoms. The quantitative estimate of drug-likeness (QED) is 0.747. The fourth-order valence-electron chi connectivity index (χ4n) is 0.746. The van der Waals surface area contributed by atoms with Crippen LogP contribution in [-0.4, -0.2) is 18.4 Å². The number of nitrogens with one attached hydrogen (secondary N) is 1. The van der Waals surface area contributed by atoms with Crippen molar-refractivity contribution < 1.29 is 9.59 Å². The number of hydrogen-bond acceptors (Lipinski definition) is 2. The lowest BCUT2D eigenvalue weighted by molar-refractivity contribution is -0.123. The molecule has 0 atom stereocenters. The topological polar surface area (TPSA) is 72.2 Å². The van der Waals surface area contributed by atoms with Crippen LogP contribution in [0.3, 0.4) is 0 Å². The molecular weight excluding hydrogens is 192 g/mol. The number of carbonyl (C=O) groups is 2. The predicted octanol–water partition coefficient (Wildman–Crippen LogP) is 0.603. The van der Waals surface area contributed by atoms with Crippen LogP contribution in [-0.2, 0) is 9.59 Å². The van der Waals surface area contributed by atoms with Gasteiger partial charge in [-0.2, -0.15) is 0 Å². The molecule has 0 heterocycles. The number of amides is 2. The van der Waals surface area contributed by atoms with E-state index in [1.54, 1.807) is 0 Å². The molecule has 0 radical (unpaired) electrons. The van der Waals surface area contributed by atoms with Gasteiger partial charge in [0.25, 0.3) is 0 Å². The number of nitrogens with two attached hydrogens (primary N) is 1. The van der Waals surface area contributed by atoms with Gasteiger partial charge in [0, 0.05) is 6.92 Å². The summed E-state index contributed by atoms with van der Waals surface area (Å²) in [7, 11) is 0. The van der Waals surface area contributed by atoms with E-state index in [9.17, 15) is 9.59 Å². The fraction of sp³-hybridized carbons (Fsp3) is 0.273. The average molecular weight is 208 g/mol.